The molecule has 0 radical (unpaired) electrons. The summed E-state index contributed by atoms with van der Waals surface area (Å²) in [5.41, 5.74) is 8.32. The predicted octanol–water partition coefficient (Wildman–Crippen LogP) is 11.0. The van der Waals surface area contributed by atoms with Crippen LogP contribution in [0.2, 0.25) is 5.15 Å². The van der Waals surface area contributed by atoms with Crippen LogP contribution >= 0.6 is 23.4 Å². The molecule has 66 heavy (non-hydrogen) atoms. The van der Waals surface area contributed by atoms with Crippen LogP contribution in [0.15, 0.2) is 89.0 Å². The molecule has 15 heteroatoms. The number of benzene rings is 3. The van der Waals surface area contributed by atoms with Gasteiger partial charge in [0.25, 0.3) is 0 Å². The molecule has 9 rings (SSSR count). The second-order valence-electron chi connectivity index (χ2n) is 19.1. The molecular formula is C51H56ClFN8O4S. The fraction of sp³-hybridized carbons (Fsp3) is 0.373. The summed E-state index contributed by atoms with van der Waals surface area (Å²) in [5, 5.41) is 37.1. The lowest BCUT2D eigenvalue weighted by atomic mass is 9.98. The van der Waals surface area contributed by atoms with Crippen LogP contribution in [0.5, 0.6) is 0 Å². The average molecular weight is 932 g/mol. The Morgan fingerprint density at radius 1 is 0.697 bits per heavy atom. The Morgan fingerprint density at radius 3 is 1.64 bits per heavy atom. The number of halogens is 2. The first-order valence-electron chi connectivity index (χ1n) is 22.4. The summed E-state index contributed by atoms with van der Waals surface area (Å²) < 4.78 is 17.3. The first-order chi connectivity index (χ1) is 31.3. The predicted molar refractivity (Wildman–Crippen MR) is 260 cm³/mol. The van der Waals surface area contributed by atoms with Crippen LogP contribution in [0, 0.1) is 38.4 Å². The van der Waals surface area contributed by atoms with Crippen LogP contribution in [0.25, 0.3) is 33.8 Å². The van der Waals surface area contributed by atoms with Gasteiger partial charge >= 0.3 is 0 Å². The molecule has 0 spiro atoms. The molecule has 4 aromatic heterocycles. The second kappa shape index (κ2) is 18.9. The maximum absolute atomic E-state index is 13.8. The van der Waals surface area contributed by atoms with Gasteiger partial charge in [0.05, 0.1) is 46.4 Å². The van der Waals surface area contributed by atoms with Crippen molar-refractivity contribution in [2.45, 2.75) is 108 Å². The third-order valence-electron chi connectivity index (χ3n) is 11.6. The van der Waals surface area contributed by atoms with Crippen molar-refractivity contribution in [2.24, 2.45) is 11.8 Å². The molecule has 2 fully saturated rings. The molecular weight excluding hydrogens is 875 g/mol. The molecule has 2 aliphatic carbocycles. The Hall–Kier alpha value is -5.67. The molecule has 12 nitrogen and oxygen atoms in total. The largest absolute Gasteiger partial charge is 0.389 e. The highest BCUT2D eigenvalue weighted by atomic mass is 35.5. The van der Waals surface area contributed by atoms with E-state index in [1.165, 1.54) is 30.7 Å². The molecule has 7 aromatic rings. The van der Waals surface area contributed by atoms with E-state index in [0.717, 1.165) is 68.2 Å². The van der Waals surface area contributed by atoms with Crippen LogP contribution in [-0.4, -0.2) is 75.3 Å². The molecule has 0 atom stereocenters. The molecule has 0 bridgehead atoms. The number of carbonyl (C=O) groups is 2. The van der Waals surface area contributed by atoms with Gasteiger partial charge in [-0.25, -0.2) is 23.4 Å². The van der Waals surface area contributed by atoms with Gasteiger partial charge in [-0.15, -0.1) is 0 Å². The fourth-order valence-corrected chi connectivity index (χ4v) is 8.77. The summed E-state index contributed by atoms with van der Waals surface area (Å²) in [4.78, 5) is 35.2. The maximum Gasteiger partial charge on any atom is 0.177 e. The van der Waals surface area contributed by atoms with Gasteiger partial charge in [0.2, 0.25) is 0 Å². The minimum Gasteiger partial charge on any atom is -0.389 e. The zero-order chi connectivity index (χ0) is 47.1. The zero-order valence-corrected chi connectivity index (χ0v) is 39.9. The average Bonchev–Trinajstić information content (AvgIpc) is 4.16. The van der Waals surface area contributed by atoms with Crippen molar-refractivity contribution in [1.29, 1.82) is 0 Å². The van der Waals surface area contributed by atoms with E-state index in [1.807, 2.05) is 56.3 Å². The quantitative estimate of drug-likeness (QED) is 0.0683. The second-order valence-corrected chi connectivity index (χ2v) is 20.6. The molecule has 3 aromatic carbocycles. The Bertz CT molecular complexity index is 2960. The number of anilines is 2. The van der Waals surface area contributed by atoms with Crippen LogP contribution < -0.4 is 10.6 Å². The highest BCUT2D eigenvalue weighted by molar-refractivity contribution is 7.99. The monoisotopic (exact) mass is 930 g/mol. The van der Waals surface area contributed by atoms with Crippen LogP contribution in [0.4, 0.5) is 15.8 Å². The van der Waals surface area contributed by atoms with Gasteiger partial charge in [-0.1, -0.05) is 47.6 Å². The Balaban J connectivity index is 0.000000185. The summed E-state index contributed by atoms with van der Waals surface area (Å²) in [6, 6.07) is 20.3. The van der Waals surface area contributed by atoms with Gasteiger partial charge in [-0.2, -0.15) is 10.2 Å². The highest BCUT2D eigenvalue weighted by Crippen LogP contribution is 2.37. The smallest absolute Gasteiger partial charge is 0.177 e. The Morgan fingerprint density at radius 2 is 1.18 bits per heavy atom. The Labute approximate surface area is 393 Å². The standard InChI is InChI=1S/C29H31FN4O2S.C22H25ClN4O2/c1-17-11-20(7-9-22(17)26(35)13-19-5-6-19)25-15-31-28-24(32-16-29(3,4)36)14-27(33-34(25)28)37-21-8-10-23(30)18(2)12-21;1-13-8-15(6-7-16(13)19(28)9-14-4-5-14)18-11-24-21-17(25-12-22(2,3)29)10-20(23)26-27(18)21/h7-12,14-15,19,32,36H,5-6,13,16H2,1-4H3;6-8,10-11,14,25,29H,4-5,9,12H2,1-3H3. The first kappa shape index (κ1) is 46.8. The van der Waals surface area contributed by atoms with E-state index in [1.54, 1.807) is 74.2 Å². The van der Waals surface area contributed by atoms with Gasteiger partial charge in [0.15, 0.2) is 28.0 Å². The van der Waals surface area contributed by atoms with E-state index in [-0.39, 0.29) is 17.4 Å². The molecule has 344 valence electrons. The summed E-state index contributed by atoms with van der Waals surface area (Å²) >= 11 is 7.66. The molecule has 4 N–H and O–H groups in total. The van der Waals surface area contributed by atoms with Crippen molar-refractivity contribution < 1.29 is 24.2 Å². The van der Waals surface area contributed by atoms with E-state index in [9.17, 15) is 24.2 Å². The summed E-state index contributed by atoms with van der Waals surface area (Å²) in [6.07, 6.45) is 9.42. The number of aromatic nitrogens is 6. The van der Waals surface area contributed by atoms with Crippen molar-refractivity contribution in [1.82, 2.24) is 29.2 Å². The topological polar surface area (TPSA) is 159 Å². The Kier molecular flexibility index (Phi) is 13.4. The maximum atomic E-state index is 13.8. The van der Waals surface area contributed by atoms with Gasteiger partial charge in [-0.05, 0) is 139 Å². The first-order valence-corrected chi connectivity index (χ1v) is 23.6. The summed E-state index contributed by atoms with van der Waals surface area (Å²) in [7, 11) is 0. The van der Waals surface area contributed by atoms with E-state index >= 15 is 0 Å². The van der Waals surface area contributed by atoms with E-state index < -0.39 is 11.2 Å². The molecule has 2 saturated carbocycles. The number of hydrogen-bond acceptors (Lipinski definition) is 11. The number of aryl methyl sites for hydroxylation is 3. The lowest BCUT2D eigenvalue weighted by Gasteiger charge is -2.19. The number of nitrogens with one attached hydrogen (secondary N) is 2. The van der Waals surface area contributed by atoms with Crippen molar-refractivity contribution in [3.63, 3.8) is 0 Å². The molecule has 0 unspecified atom stereocenters. The van der Waals surface area contributed by atoms with Gasteiger partial charge in [0, 0.05) is 59.1 Å². The minimum atomic E-state index is -0.920. The molecule has 0 amide bonds. The van der Waals surface area contributed by atoms with Crippen molar-refractivity contribution in [3.8, 4) is 22.5 Å². The zero-order valence-electron chi connectivity index (χ0n) is 38.4. The molecule has 0 saturated heterocycles. The van der Waals surface area contributed by atoms with Gasteiger partial charge in [-0.3, -0.25) is 9.59 Å². The van der Waals surface area contributed by atoms with Crippen LogP contribution in [0.1, 0.15) is 104 Å². The number of hydrogen-bond donors (Lipinski definition) is 4. The molecule has 2 aliphatic rings. The number of fused-ring (bicyclic) bond motifs is 2. The number of Topliss-reactive ketones (excluding diaryl/α,β-unsaturated/α-hetero) is 2. The number of rotatable bonds is 16. The SMILES string of the molecule is Cc1cc(-c2cnc3c(NCC(C)(C)O)cc(Cl)nn23)ccc1C(=O)CC1CC1.Cc1cc(Sc2cc(NCC(C)(C)O)c3ncc(-c4ccc(C(=O)CC5CC5)c(C)c4)n3n2)ccc1F. The number of nitrogens with zero attached hydrogens (tertiary/aromatic N) is 6. The van der Waals surface area contributed by atoms with E-state index in [0.29, 0.717) is 70.5 Å². The molecule has 4 heterocycles. The molecule has 0 aliphatic heterocycles. The lowest BCUT2D eigenvalue weighted by molar-refractivity contribution is 0.0939. The number of carbonyl (C=O) groups excluding carboxylic acids is 2. The highest BCUT2D eigenvalue weighted by Gasteiger charge is 2.27. The van der Waals surface area contributed by atoms with Crippen LogP contribution in [-0.2, 0) is 0 Å². The lowest BCUT2D eigenvalue weighted by Crippen LogP contribution is -2.29. The van der Waals surface area contributed by atoms with Crippen molar-refractivity contribution in [2.75, 3.05) is 23.7 Å². The van der Waals surface area contributed by atoms with Gasteiger partial charge in [0.1, 0.15) is 10.8 Å². The number of imidazole rings is 2. The third kappa shape index (κ3) is 11.5. The summed E-state index contributed by atoms with van der Waals surface area (Å²) in [5.74, 6) is 1.29. The van der Waals surface area contributed by atoms with Crippen LogP contribution in [0.3, 0.4) is 0 Å². The van der Waals surface area contributed by atoms with Crippen molar-refractivity contribution >= 4 is 57.6 Å². The van der Waals surface area contributed by atoms with Gasteiger partial charge < -0.3 is 20.8 Å². The summed E-state index contributed by atoms with van der Waals surface area (Å²) in [6.45, 7) is 13.3. The fourth-order valence-electron chi connectivity index (χ4n) is 7.67. The third-order valence-corrected chi connectivity index (χ3v) is 12.7. The number of ketones is 2. The van der Waals surface area contributed by atoms with E-state index in [2.05, 4.69) is 25.7 Å². The van der Waals surface area contributed by atoms with E-state index in [4.69, 9.17) is 16.7 Å². The minimum absolute atomic E-state index is 0.203. The van der Waals surface area contributed by atoms with Crippen molar-refractivity contribution in [3.05, 3.63) is 118 Å². The normalized spacial score (nSPS) is 14.0. The number of aliphatic hydroxyl groups is 2.